The first-order valence-corrected chi connectivity index (χ1v) is 13.3. The van der Waals surface area contributed by atoms with Gasteiger partial charge in [0.25, 0.3) is 5.56 Å². The monoisotopic (exact) mass is 504 g/mol. The van der Waals surface area contributed by atoms with Crippen LogP contribution in [0.1, 0.15) is 25.1 Å². The van der Waals surface area contributed by atoms with E-state index in [2.05, 4.69) is 10.3 Å². The standard InChI is InChI=1S/C23H28N4O5S2/c1-14-9-15(2)11-27(10-14)34(30,31)21-16(3)33-22-20(21)23(29)26(13-24-22)12-19(28)25-17-7-5-6-8-18(17)32-4/h5-8,13-15H,9-12H2,1-4H3,(H,25,28)/t14-,15-/m0/s1. The largest absolute Gasteiger partial charge is 0.495 e. The number of carbonyl (C=O) groups excluding carboxylic acids is 1. The van der Waals surface area contributed by atoms with Crippen molar-refractivity contribution in [2.24, 2.45) is 11.8 Å². The molecule has 4 rings (SSSR count). The number of hydrogen-bond donors (Lipinski definition) is 1. The zero-order chi connectivity index (χ0) is 24.6. The van der Waals surface area contributed by atoms with Gasteiger partial charge in [0, 0.05) is 18.0 Å². The van der Waals surface area contributed by atoms with Crippen molar-refractivity contribution in [3.8, 4) is 5.75 Å². The molecule has 0 saturated carbocycles. The summed E-state index contributed by atoms with van der Waals surface area (Å²) in [6.07, 6.45) is 2.24. The highest BCUT2D eigenvalue weighted by molar-refractivity contribution is 7.89. The third-order valence-electron chi connectivity index (χ3n) is 5.93. The van der Waals surface area contributed by atoms with E-state index in [9.17, 15) is 18.0 Å². The zero-order valence-corrected chi connectivity index (χ0v) is 21.2. The number of hydrogen-bond acceptors (Lipinski definition) is 7. The van der Waals surface area contributed by atoms with Gasteiger partial charge >= 0.3 is 0 Å². The number of rotatable bonds is 6. The van der Waals surface area contributed by atoms with Gasteiger partial charge in [0.05, 0.1) is 24.5 Å². The Balaban J connectivity index is 1.69. The fourth-order valence-corrected chi connectivity index (χ4v) is 7.91. The Labute approximate surface area is 202 Å². The van der Waals surface area contributed by atoms with Gasteiger partial charge in [-0.15, -0.1) is 11.3 Å². The summed E-state index contributed by atoms with van der Waals surface area (Å²) in [7, 11) is -2.40. The Morgan fingerprint density at radius 1 is 1.24 bits per heavy atom. The van der Waals surface area contributed by atoms with Crippen LogP contribution in [-0.2, 0) is 21.4 Å². The number of thiophene rings is 1. The van der Waals surface area contributed by atoms with Crippen molar-refractivity contribution in [3.63, 3.8) is 0 Å². The van der Waals surface area contributed by atoms with Gasteiger partial charge in [-0.05, 0) is 37.3 Å². The molecule has 0 radical (unpaired) electrons. The van der Waals surface area contributed by atoms with Gasteiger partial charge in [0.1, 0.15) is 22.0 Å². The molecule has 0 unspecified atom stereocenters. The molecule has 1 fully saturated rings. The van der Waals surface area contributed by atoms with Crippen molar-refractivity contribution in [2.75, 3.05) is 25.5 Å². The van der Waals surface area contributed by atoms with Gasteiger partial charge in [0.2, 0.25) is 15.9 Å². The first-order chi connectivity index (χ1) is 16.1. The molecule has 1 N–H and O–H groups in total. The molecule has 11 heteroatoms. The molecule has 0 aliphatic carbocycles. The Hall–Kier alpha value is -2.76. The summed E-state index contributed by atoms with van der Waals surface area (Å²) in [4.78, 5) is 31.2. The maximum absolute atomic E-state index is 13.6. The number of anilines is 1. The van der Waals surface area contributed by atoms with E-state index in [4.69, 9.17) is 4.74 Å². The van der Waals surface area contributed by atoms with Gasteiger partial charge < -0.3 is 10.1 Å². The number of nitrogens with one attached hydrogen (secondary N) is 1. The molecule has 2 atom stereocenters. The highest BCUT2D eigenvalue weighted by Gasteiger charge is 2.35. The van der Waals surface area contributed by atoms with Crippen LogP contribution in [0, 0.1) is 18.8 Å². The molecule has 1 saturated heterocycles. The molecule has 0 spiro atoms. The van der Waals surface area contributed by atoms with E-state index in [0.29, 0.717) is 34.2 Å². The lowest BCUT2D eigenvalue weighted by molar-refractivity contribution is -0.116. The Kier molecular flexibility index (Phi) is 6.79. The molecular weight excluding hydrogens is 476 g/mol. The summed E-state index contributed by atoms with van der Waals surface area (Å²) >= 11 is 1.17. The summed E-state index contributed by atoms with van der Waals surface area (Å²) in [5.74, 6) is 0.501. The molecule has 0 bridgehead atoms. The van der Waals surface area contributed by atoms with E-state index in [1.807, 2.05) is 13.8 Å². The lowest BCUT2D eigenvalue weighted by Gasteiger charge is -2.34. The van der Waals surface area contributed by atoms with Crippen LogP contribution in [0.15, 0.2) is 40.3 Å². The van der Waals surface area contributed by atoms with E-state index in [1.54, 1.807) is 31.2 Å². The topological polar surface area (TPSA) is 111 Å². The van der Waals surface area contributed by atoms with E-state index in [-0.39, 0.29) is 28.7 Å². The average molecular weight is 505 g/mol. The number of sulfonamides is 1. The normalized spacial score (nSPS) is 19.3. The molecular formula is C23H28N4O5S2. The molecule has 3 aromatic rings. The van der Waals surface area contributed by atoms with Crippen LogP contribution in [0.2, 0.25) is 0 Å². The molecule has 2 aromatic heterocycles. The maximum atomic E-state index is 13.6. The molecule has 34 heavy (non-hydrogen) atoms. The average Bonchev–Trinajstić information content (AvgIpc) is 3.13. The second-order valence-electron chi connectivity index (χ2n) is 8.86. The SMILES string of the molecule is COc1ccccc1NC(=O)Cn1cnc2sc(C)c(S(=O)(=O)N3C[C@@H](C)C[C@H](C)C3)c2c1=O. The van der Waals surface area contributed by atoms with Crippen LogP contribution < -0.4 is 15.6 Å². The molecule has 1 aliphatic heterocycles. The maximum Gasteiger partial charge on any atom is 0.263 e. The number of piperidine rings is 1. The number of para-hydroxylation sites is 2. The van der Waals surface area contributed by atoms with Crippen molar-refractivity contribution >= 4 is 43.2 Å². The van der Waals surface area contributed by atoms with Crippen LogP contribution in [0.5, 0.6) is 5.75 Å². The van der Waals surface area contributed by atoms with Gasteiger partial charge in [0.15, 0.2) is 0 Å². The fourth-order valence-electron chi connectivity index (χ4n) is 4.56. The predicted octanol–water partition coefficient (Wildman–Crippen LogP) is 3.08. The van der Waals surface area contributed by atoms with Crippen molar-refractivity contribution in [1.82, 2.24) is 13.9 Å². The highest BCUT2D eigenvalue weighted by atomic mass is 32.2. The van der Waals surface area contributed by atoms with Crippen LogP contribution in [-0.4, -0.2) is 48.4 Å². The van der Waals surface area contributed by atoms with Crippen molar-refractivity contribution in [2.45, 2.75) is 38.6 Å². The Morgan fingerprint density at radius 3 is 2.59 bits per heavy atom. The number of benzene rings is 1. The summed E-state index contributed by atoms with van der Waals surface area (Å²) in [6.45, 7) is 6.27. The smallest absolute Gasteiger partial charge is 0.263 e. The number of methoxy groups -OCH3 is 1. The number of aromatic nitrogens is 2. The van der Waals surface area contributed by atoms with E-state index >= 15 is 0 Å². The summed E-state index contributed by atoms with van der Waals surface area (Å²) < 4.78 is 35.1. The van der Waals surface area contributed by atoms with Crippen molar-refractivity contribution < 1.29 is 17.9 Å². The van der Waals surface area contributed by atoms with Gasteiger partial charge in [-0.2, -0.15) is 4.31 Å². The number of ether oxygens (including phenoxy) is 1. The van der Waals surface area contributed by atoms with Crippen LogP contribution in [0.3, 0.4) is 0 Å². The number of aryl methyl sites for hydroxylation is 1. The number of fused-ring (bicyclic) bond motifs is 1. The van der Waals surface area contributed by atoms with Crippen molar-refractivity contribution in [3.05, 3.63) is 45.8 Å². The summed E-state index contributed by atoms with van der Waals surface area (Å²) in [5, 5.41) is 2.76. The van der Waals surface area contributed by atoms with E-state index in [1.165, 1.54) is 29.1 Å². The molecule has 1 aromatic carbocycles. The number of amides is 1. The molecule has 3 heterocycles. The number of carbonyl (C=O) groups is 1. The quantitative estimate of drug-likeness (QED) is 0.552. The summed E-state index contributed by atoms with van der Waals surface area (Å²) in [6, 6.07) is 6.94. The second kappa shape index (κ2) is 9.47. The predicted molar refractivity (Wildman–Crippen MR) is 132 cm³/mol. The molecule has 182 valence electrons. The van der Waals surface area contributed by atoms with Crippen LogP contribution in [0.4, 0.5) is 5.69 Å². The minimum absolute atomic E-state index is 0.00536. The molecule has 9 nitrogen and oxygen atoms in total. The Morgan fingerprint density at radius 2 is 1.91 bits per heavy atom. The van der Waals surface area contributed by atoms with E-state index < -0.39 is 21.5 Å². The lowest BCUT2D eigenvalue weighted by Crippen LogP contribution is -2.42. The second-order valence-corrected chi connectivity index (χ2v) is 11.9. The molecule has 1 amide bonds. The highest BCUT2D eigenvalue weighted by Crippen LogP contribution is 2.35. The first-order valence-electron chi connectivity index (χ1n) is 11.0. The zero-order valence-electron chi connectivity index (χ0n) is 19.6. The minimum atomic E-state index is -3.89. The third-order valence-corrected chi connectivity index (χ3v) is 9.07. The van der Waals surface area contributed by atoms with E-state index in [0.717, 1.165) is 11.0 Å². The molecule has 1 aliphatic rings. The number of nitrogens with zero attached hydrogens (tertiary/aromatic N) is 3. The van der Waals surface area contributed by atoms with Crippen molar-refractivity contribution in [1.29, 1.82) is 0 Å². The first kappa shape index (κ1) is 24.4. The minimum Gasteiger partial charge on any atom is -0.495 e. The van der Waals surface area contributed by atoms with Gasteiger partial charge in [-0.1, -0.05) is 26.0 Å². The lowest BCUT2D eigenvalue weighted by atomic mass is 9.94. The van der Waals surface area contributed by atoms with Gasteiger partial charge in [-0.25, -0.2) is 13.4 Å². The van der Waals surface area contributed by atoms with Gasteiger partial charge in [-0.3, -0.25) is 14.2 Å². The Bertz CT molecular complexity index is 1390. The third kappa shape index (κ3) is 4.59. The van der Waals surface area contributed by atoms with Crippen LogP contribution >= 0.6 is 11.3 Å². The fraction of sp³-hybridized carbons (Fsp3) is 0.435. The van der Waals surface area contributed by atoms with Crippen LogP contribution in [0.25, 0.3) is 10.2 Å². The summed E-state index contributed by atoms with van der Waals surface area (Å²) in [5.41, 5.74) is -0.0822.